The van der Waals surface area contributed by atoms with E-state index >= 15 is 0 Å². The Balaban J connectivity index is 0.000000112. The molecule has 0 aromatic heterocycles. The Labute approximate surface area is 727 Å². The third-order valence-electron chi connectivity index (χ3n) is 25.7. The summed E-state index contributed by atoms with van der Waals surface area (Å²) in [6.45, 7) is 0. The van der Waals surface area contributed by atoms with Crippen molar-refractivity contribution in [1.82, 2.24) is 0 Å². The summed E-state index contributed by atoms with van der Waals surface area (Å²) in [6, 6.07) is 177. The Morgan fingerprint density at radius 3 is 0.808 bits per heavy atom. The van der Waals surface area contributed by atoms with E-state index in [1.54, 1.807) is 0 Å². The molecule has 0 aliphatic rings. The van der Waals surface area contributed by atoms with Crippen LogP contribution in [-0.4, -0.2) is 0 Å². The molecule has 125 heavy (non-hydrogen) atoms. The predicted molar refractivity (Wildman–Crippen MR) is 543 cm³/mol. The van der Waals surface area contributed by atoms with E-state index in [-0.39, 0.29) is 7.43 Å². The van der Waals surface area contributed by atoms with Crippen molar-refractivity contribution in [3.8, 4) is 100 Å². The van der Waals surface area contributed by atoms with Crippen LogP contribution in [-0.2, 0) is 0 Å². The van der Waals surface area contributed by atoms with Gasteiger partial charge < -0.3 is 0 Å². The summed E-state index contributed by atoms with van der Waals surface area (Å²) in [5.41, 5.74) is 22.8. The number of rotatable bonds is 9. The second kappa shape index (κ2) is 32.1. The van der Waals surface area contributed by atoms with Crippen molar-refractivity contribution in [3.05, 3.63) is 485 Å². The van der Waals surface area contributed by atoms with E-state index in [2.05, 4.69) is 485 Å². The fourth-order valence-corrected chi connectivity index (χ4v) is 20.1. The van der Waals surface area contributed by atoms with Gasteiger partial charge in [-0.2, -0.15) is 0 Å². The molecule has 0 N–H and O–H groups in total. The van der Waals surface area contributed by atoms with Crippen molar-refractivity contribution < 1.29 is 0 Å². The zero-order valence-electron chi connectivity index (χ0n) is 68.2. The topological polar surface area (TPSA) is 0 Å². The molecule has 0 heterocycles. The van der Waals surface area contributed by atoms with E-state index in [9.17, 15) is 0 Å². The van der Waals surface area contributed by atoms with Gasteiger partial charge in [-0.3, -0.25) is 0 Å². The monoisotopic (exact) mass is 1580 g/mol. The molecule has 0 spiro atoms. The highest BCUT2D eigenvalue weighted by Gasteiger charge is 2.24. The molecule has 0 amide bonds. The SMILES string of the molecule is C.c1cc(-c2c3ccccc3c(-c3cc4ccccc4c4ccccc34)c3ccccc23)cc(-c2cc3ccccc3c3ccccc23)c1.c1ccc(-c2c3ccccc3c(-c3ccc(-c4cccc5ccccc45)cc3)c3ccccc23)cc1.c1ccc2cc(-c3ccc(-c4c5ccccc5c(-c5cccc6ccccc56)c5ccccc45)cc3)ccc2c1. The van der Waals surface area contributed by atoms with Gasteiger partial charge in [0.25, 0.3) is 0 Å². The number of hydrogen-bond acceptors (Lipinski definition) is 0. The number of fused-ring (bicyclic) bond motifs is 15. The van der Waals surface area contributed by atoms with E-state index in [1.807, 2.05) is 0 Å². The van der Waals surface area contributed by atoms with Crippen molar-refractivity contribution in [2.24, 2.45) is 0 Å². The van der Waals surface area contributed by atoms with Crippen molar-refractivity contribution in [3.63, 3.8) is 0 Å². The van der Waals surface area contributed by atoms with Crippen LogP contribution in [0.5, 0.6) is 0 Å². The van der Waals surface area contributed by atoms with Crippen LogP contribution in [0.25, 0.3) is 240 Å². The number of hydrogen-bond donors (Lipinski definition) is 0. The van der Waals surface area contributed by atoms with Gasteiger partial charge in [-0.1, -0.05) is 468 Å². The third kappa shape index (κ3) is 13.3. The van der Waals surface area contributed by atoms with Crippen LogP contribution in [0.15, 0.2) is 485 Å². The minimum atomic E-state index is 0. The molecule has 0 unspecified atom stereocenters. The standard InChI is InChI=1S/C48H30.C40H26.C36H24.CH4/c1-3-18-35-32(14-1)29-45(39-22-7-5-20-37(35)39)31-16-13-17-34(28-31)47-41-24-9-11-26-43(41)48(44-27-12-10-25-42(44)47)46-30-33-15-2-4-19-36(33)38-21-6-8-23-40(38)46;1-2-12-31-26-32(25-22-27(31)10-1)28-20-23-30(24-21-28)39-35-15-5-7-17-37(35)40(38-18-8-6-16-36(38)39)34-19-9-13-29-11-3-4-14-33(29)34;1-2-12-27(13-3-1)35-31-16-6-8-18-33(31)36(34-19-9-7-17-32(34)35)28-23-21-26(22-24-28)30-20-10-14-25-11-4-5-15-29(25)30;/h1-30H;1-26H;1-24H;1H4. The van der Waals surface area contributed by atoms with Crippen LogP contribution in [0.4, 0.5) is 0 Å². The van der Waals surface area contributed by atoms with Gasteiger partial charge in [-0.15, -0.1) is 0 Å². The van der Waals surface area contributed by atoms with Gasteiger partial charge in [0.1, 0.15) is 0 Å². The van der Waals surface area contributed by atoms with Gasteiger partial charge >= 0.3 is 0 Å². The first-order chi connectivity index (χ1) is 61.6. The first kappa shape index (κ1) is 75.1. The smallest absolute Gasteiger partial charge is 0.00199 e. The lowest BCUT2D eigenvalue weighted by molar-refractivity contribution is 1.63. The average molecular weight is 1590 g/mol. The van der Waals surface area contributed by atoms with Crippen molar-refractivity contribution in [1.29, 1.82) is 0 Å². The summed E-state index contributed by atoms with van der Waals surface area (Å²) in [6.07, 6.45) is 0. The number of benzene rings is 25. The van der Waals surface area contributed by atoms with Crippen molar-refractivity contribution in [2.75, 3.05) is 0 Å². The van der Waals surface area contributed by atoms with E-state index in [0.29, 0.717) is 0 Å². The third-order valence-corrected chi connectivity index (χ3v) is 25.7. The molecule has 0 atom stereocenters. The lowest BCUT2D eigenvalue weighted by Crippen LogP contribution is -1.92. The Hall–Kier alpha value is -16.1. The van der Waals surface area contributed by atoms with Crippen LogP contribution in [0.1, 0.15) is 7.43 Å². The molecule has 25 rings (SSSR count). The van der Waals surface area contributed by atoms with Gasteiger partial charge in [-0.05, 0) is 264 Å². The van der Waals surface area contributed by atoms with Gasteiger partial charge in [0.05, 0.1) is 0 Å². The Morgan fingerprint density at radius 1 is 0.0880 bits per heavy atom. The summed E-state index contributed by atoms with van der Waals surface area (Å²) in [7, 11) is 0. The Morgan fingerprint density at radius 2 is 0.352 bits per heavy atom. The highest BCUT2D eigenvalue weighted by atomic mass is 14.3. The van der Waals surface area contributed by atoms with Crippen LogP contribution in [0.2, 0.25) is 0 Å². The van der Waals surface area contributed by atoms with Crippen LogP contribution >= 0.6 is 0 Å². The molecular weight excluding hydrogens is 1500 g/mol. The second-order valence-corrected chi connectivity index (χ2v) is 32.6. The Kier molecular flexibility index (Phi) is 19.3. The predicted octanol–water partition coefficient (Wildman–Crippen LogP) is 35.7. The molecule has 0 saturated heterocycles. The Bertz CT molecular complexity index is 8340. The van der Waals surface area contributed by atoms with Gasteiger partial charge in [0.15, 0.2) is 0 Å². The quantitative estimate of drug-likeness (QED) is 0.0998. The van der Waals surface area contributed by atoms with Gasteiger partial charge in [-0.25, -0.2) is 0 Å². The zero-order valence-corrected chi connectivity index (χ0v) is 68.2. The molecule has 0 fully saturated rings. The molecule has 0 heteroatoms. The van der Waals surface area contributed by atoms with Crippen molar-refractivity contribution >= 4 is 140 Å². The fraction of sp³-hybridized carbons (Fsp3) is 0.00800. The van der Waals surface area contributed by atoms with Crippen LogP contribution in [0, 0.1) is 0 Å². The molecule has 25 aromatic rings. The maximum Gasteiger partial charge on any atom is -0.00199 e. The average Bonchev–Trinajstić information content (AvgIpc) is 0.725. The second-order valence-electron chi connectivity index (χ2n) is 32.6. The first-order valence-electron chi connectivity index (χ1n) is 43.0. The molecule has 0 nitrogen and oxygen atoms in total. The molecular formula is C125H84. The molecule has 0 radical (unpaired) electrons. The fourth-order valence-electron chi connectivity index (χ4n) is 20.1. The van der Waals surface area contributed by atoms with Crippen LogP contribution in [0.3, 0.4) is 0 Å². The van der Waals surface area contributed by atoms with Crippen molar-refractivity contribution in [2.45, 2.75) is 7.43 Å². The molecule has 0 bridgehead atoms. The zero-order chi connectivity index (χ0) is 82.0. The molecule has 25 aromatic carbocycles. The maximum atomic E-state index is 2.40. The first-order valence-corrected chi connectivity index (χ1v) is 43.0. The molecule has 0 saturated carbocycles. The maximum absolute atomic E-state index is 2.40. The largest absolute Gasteiger partial charge is 0.0776 e. The van der Waals surface area contributed by atoms with E-state index in [0.717, 1.165) is 0 Å². The molecule has 584 valence electrons. The summed E-state index contributed by atoms with van der Waals surface area (Å²) < 4.78 is 0. The van der Waals surface area contributed by atoms with Crippen LogP contribution < -0.4 is 0 Å². The van der Waals surface area contributed by atoms with E-state index in [1.165, 1.54) is 240 Å². The van der Waals surface area contributed by atoms with E-state index in [4.69, 9.17) is 0 Å². The lowest BCUT2D eigenvalue weighted by Gasteiger charge is -2.20. The van der Waals surface area contributed by atoms with Gasteiger partial charge in [0.2, 0.25) is 0 Å². The molecule has 0 aliphatic carbocycles. The van der Waals surface area contributed by atoms with E-state index < -0.39 is 0 Å². The summed E-state index contributed by atoms with van der Waals surface area (Å²) >= 11 is 0. The summed E-state index contributed by atoms with van der Waals surface area (Å²) in [4.78, 5) is 0. The lowest BCUT2D eigenvalue weighted by atomic mass is 9.83. The minimum Gasteiger partial charge on any atom is -0.0776 e. The highest BCUT2D eigenvalue weighted by Crippen LogP contribution is 2.51. The normalized spacial score (nSPS) is 11.5. The minimum absolute atomic E-state index is 0. The van der Waals surface area contributed by atoms with Gasteiger partial charge in [0, 0.05) is 0 Å². The highest BCUT2D eigenvalue weighted by molar-refractivity contribution is 6.28. The molecule has 0 aliphatic heterocycles. The summed E-state index contributed by atoms with van der Waals surface area (Å²) in [5.74, 6) is 0. The summed E-state index contributed by atoms with van der Waals surface area (Å²) in [5, 5.41) is 33.3.